The van der Waals surface area contributed by atoms with Crippen molar-refractivity contribution in [1.82, 2.24) is 4.90 Å². The third-order valence-corrected chi connectivity index (χ3v) is 3.56. The molecule has 1 unspecified atom stereocenters. The molecule has 0 aliphatic carbocycles. The molecule has 4 heteroatoms. The average molecular weight is 257 g/mol. The summed E-state index contributed by atoms with van der Waals surface area (Å²) < 4.78 is 5.61. The summed E-state index contributed by atoms with van der Waals surface area (Å²) in [5.41, 5.74) is 0. The Bertz CT molecular complexity index is 237. The molecule has 4 nitrogen and oxygen atoms in total. The molecule has 0 amide bonds. The molecule has 0 aromatic carbocycles. The second kappa shape index (κ2) is 8.48. The van der Waals surface area contributed by atoms with Gasteiger partial charge in [0, 0.05) is 19.1 Å². The summed E-state index contributed by atoms with van der Waals surface area (Å²) in [6.45, 7) is 7.21. The van der Waals surface area contributed by atoms with E-state index < -0.39 is 5.97 Å². The van der Waals surface area contributed by atoms with E-state index in [1.165, 1.54) is 12.8 Å². The maximum Gasteiger partial charge on any atom is 0.303 e. The van der Waals surface area contributed by atoms with Gasteiger partial charge in [0.15, 0.2) is 0 Å². The SMILES string of the molecule is CC(C)N(CCCC(=O)O)CCCC1CCCO1. The summed E-state index contributed by atoms with van der Waals surface area (Å²) in [5.74, 6) is -0.696. The van der Waals surface area contributed by atoms with Crippen molar-refractivity contribution in [2.75, 3.05) is 19.7 Å². The number of ether oxygens (including phenoxy) is 1. The molecule has 1 N–H and O–H groups in total. The van der Waals surface area contributed by atoms with Crippen LogP contribution in [0.2, 0.25) is 0 Å². The minimum atomic E-state index is -0.696. The van der Waals surface area contributed by atoms with Crippen molar-refractivity contribution in [3.63, 3.8) is 0 Å². The molecule has 1 aliphatic heterocycles. The van der Waals surface area contributed by atoms with Crippen LogP contribution in [-0.4, -0.2) is 47.8 Å². The molecule has 0 aromatic heterocycles. The standard InChI is InChI=1S/C14H27NO3/c1-12(2)15(10-4-8-14(16)17)9-3-6-13-7-5-11-18-13/h12-13H,3-11H2,1-2H3,(H,16,17). The summed E-state index contributed by atoms with van der Waals surface area (Å²) in [4.78, 5) is 12.9. The molecule has 1 saturated heterocycles. The van der Waals surface area contributed by atoms with Crippen LogP contribution in [0.25, 0.3) is 0 Å². The number of carboxylic acid groups (broad SMARTS) is 1. The fourth-order valence-corrected chi connectivity index (χ4v) is 2.46. The van der Waals surface area contributed by atoms with Crippen molar-refractivity contribution in [2.45, 2.75) is 64.5 Å². The van der Waals surface area contributed by atoms with E-state index in [2.05, 4.69) is 18.7 Å². The predicted molar refractivity (Wildman–Crippen MR) is 71.8 cm³/mol. The highest BCUT2D eigenvalue weighted by Gasteiger charge is 2.16. The molecule has 18 heavy (non-hydrogen) atoms. The first-order valence-electron chi connectivity index (χ1n) is 7.17. The molecular weight excluding hydrogens is 230 g/mol. The Kier molecular flexibility index (Phi) is 7.28. The van der Waals surface area contributed by atoms with Crippen molar-refractivity contribution in [2.24, 2.45) is 0 Å². The number of hydrogen-bond donors (Lipinski definition) is 1. The number of hydrogen-bond acceptors (Lipinski definition) is 3. The predicted octanol–water partition coefficient (Wildman–Crippen LogP) is 2.52. The zero-order chi connectivity index (χ0) is 13.4. The Morgan fingerprint density at radius 3 is 2.67 bits per heavy atom. The molecule has 1 rings (SSSR count). The van der Waals surface area contributed by atoms with E-state index in [0.717, 1.165) is 39.0 Å². The summed E-state index contributed by atoms with van der Waals surface area (Å²) in [6.07, 6.45) is 6.19. The lowest BCUT2D eigenvalue weighted by molar-refractivity contribution is -0.137. The van der Waals surface area contributed by atoms with Gasteiger partial charge in [-0.3, -0.25) is 4.79 Å². The van der Waals surface area contributed by atoms with E-state index in [1.807, 2.05) is 0 Å². The third kappa shape index (κ3) is 6.36. The first-order valence-corrected chi connectivity index (χ1v) is 7.17. The maximum atomic E-state index is 10.5. The minimum Gasteiger partial charge on any atom is -0.481 e. The summed E-state index contributed by atoms with van der Waals surface area (Å²) in [6, 6.07) is 0.489. The monoisotopic (exact) mass is 257 g/mol. The van der Waals surface area contributed by atoms with Gasteiger partial charge in [-0.25, -0.2) is 0 Å². The van der Waals surface area contributed by atoms with E-state index in [-0.39, 0.29) is 6.42 Å². The van der Waals surface area contributed by atoms with Crippen LogP contribution in [0.4, 0.5) is 0 Å². The quantitative estimate of drug-likeness (QED) is 0.689. The van der Waals surface area contributed by atoms with Crippen LogP contribution in [-0.2, 0) is 9.53 Å². The van der Waals surface area contributed by atoms with E-state index in [1.54, 1.807) is 0 Å². The van der Waals surface area contributed by atoms with Crippen LogP contribution in [0.5, 0.6) is 0 Å². The highest BCUT2D eigenvalue weighted by atomic mass is 16.5. The van der Waals surface area contributed by atoms with Gasteiger partial charge in [-0.15, -0.1) is 0 Å². The second-order valence-corrected chi connectivity index (χ2v) is 5.40. The zero-order valence-corrected chi connectivity index (χ0v) is 11.7. The van der Waals surface area contributed by atoms with Gasteiger partial charge < -0.3 is 14.7 Å². The Labute approximate surface area is 110 Å². The van der Waals surface area contributed by atoms with Crippen LogP contribution in [0.3, 0.4) is 0 Å². The van der Waals surface area contributed by atoms with Gasteiger partial charge in [-0.05, 0) is 59.0 Å². The first-order chi connectivity index (χ1) is 8.59. The fourth-order valence-electron chi connectivity index (χ4n) is 2.46. The number of carbonyl (C=O) groups is 1. The van der Waals surface area contributed by atoms with Crippen molar-refractivity contribution in [1.29, 1.82) is 0 Å². The van der Waals surface area contributed by atoms with Gasteiger partial charge in [0.25, 0.3) is 0 Å². The molecule has 1 fully saturated rings. The molecule has 1 heterocycles. The van der Waals surface area contributed by atoms with Gasteiger partial charge in [0.05, 0.1) is 6.10 Å². The van der Waals surface area contributed by atoms with Crippen molar-refractivity contribution >= 4 is 5.97 Å². The van der Waals surface area contributed by atoms with Gasteiger partial charge in [-0.2, -0.15) is 0 Å². The van der Waals surface area contributed by atoms with Crippen molar-refractivity contribution < 1.29 is 14.6 Å². The van der Waals surface area contributed by atoms with Crippen LogP contribution in [0.15, 0.2) is 0 Å². The fraction of sp³-hybridized carbons (Fsp3) is 0.929. The van der Waals surface area contributed by atoms with E-state index >= 15 is 0 Å². The normalized spacial score (nSPS) is 19.9. The largest absolute Gasteiger partial charge is 0.481 e. The number of carboxylic acids is 1. The van der Waals surface area contributed by atoms with Crippen molar-refractivity contribution in [3.05, 3.63) is 0 Å². The topological polar surface area (TPSA) is 49.8 Å². The Morgan fingerprint density at radius 1 is 1.39 bits per heavy atom. The van der Waals surface area contributed by atoms with Crippen molar-refractivity contribution in [3.8, 4) is 0 Å². The lowest BCUT2D eigenvalue weighted by Gasteiger charge is -2.26. The Morgan fingerprint density at radius 2 is 2.11 bits per heavy atom. The minimum absolute atomic E-state index is 0.273. The Hall–Kier alpha value is -0.610. The van der Waals surface area contributed by atoms with Crippen LogP contribution >= 0.6 is 0 Å². The highest BCUT2D eigenvalue weighted by molar-refractivity contribution is 5.66. The number of nitrogens with zero attached hydrogens (tertiary/aromatic N) is 1. The van der Waals surface area contributed by atoms with E-state index in [0.29, 0.717) is 12.1 Å². The molecule has 0 bridgehead atoms. The summed E-state index contributed by atoms with van der Waals surface area (Å²) >= 11 is 0. The molecule has 0 radical (unpaired) electrons. The second-order valence-electron chi connectivity index (χ2n) is 5.40. The highest BCUT2D eigenvalue weighted by Crippen LogP contribution is 2.17. The van der Waals surface area contributed by atoms with Crippen LogP contribution in [0.1, 0.15) is 52.4 Å². The lowest BCUT2D eigenvalue weighted by atomic mass is 10.1. The van der Waals surface area contributed by atoms with E-state index in [4.69, 9.17) is 9.84 Å². The first kappa shape index (κ1) is 15.4. The summed E-state index contributed by atoms with van der Waals surface area (Å²) in [5, 5.41) is 8.65. The van der Waals surface area contributed by atoms with Crippen LogP contribution < -0.4 is 0 Å². The summed E-state index contributed by atoms with van der Waals surface area (Å²) in [7, 11) is 0. The van der Waals surface area contributed by atoms with Crippen LogP contribution in [0, 0.1) is 0 Å². The number of aliphatic carboxylic acids is 1. The molecule has 1 atom stereocenters. The molecule has 106 valence electrons. The molecule has 1 aliphatic rings. The smallest absolute Gasteiger partial charge is 0.303 e. The lowest BCUT2D eigenvalue weighted by Crippen LogP contribution is -2.33. The third-order valence-electron chi connectivity index (χ3n) is 3.56. The molecule has 0 saturated carbocycles. The number of rotatable bonds is 9. The molecule has 0 spiro atoms. The average Bonchev–Trinajstić information content (AvgIpc) is 2.79. The molecule has 0 aromatic rings. The van der Waals surface area contributed by atoms with E-state index in [9.17, 15) is 4.79 Å². The van der Waals surface area contributed by atoms with Gasteiger partial charge in [0.1, 0.15) is 0 Å². The molecular formula is C14H27NO3. The zero-order valence-electron chi connectivity index (χ0n) is 11.7. The van der Waals surface area contributed by atoms with Gasteiger partial charge in [0.2, 0.25) is 0 Å². The maximum absolute atomic E-state index is 10.5. The van der Waals surface area contributed by atoms with Gasteiger partial charge >= 0.3 is 5.97 Å². The Balaban J connectivity index is 2.14. The van der Waals surface area contributed by atoms with Gasteiger partial charge in [-0.1, -0.05) is 0 Å².